The lowest BCUT2D eigenvalue weighted by Crippen LogP contribution is -2.34. The van der Waals surface area contributed by atoms with Crippen molar-refractivity contribution in [1.82, 2.24) is 5.32 Å². The van der Waals surface area contributed by atoms with Crippen molar-refractivity contribution in [3.8, 4) is 0 Å². The van der Waals surface area contributed by atoms with Crippen LogP contribution in [0.4, 0.5) is 0 Å². The van der Waals surface area contributed by atoms with Crippen LogP contribution in [0, 0.1) is 0 Å². The van der Waals surface area contributed by atoms with Crippen LogP contribution in [0.3, 0.4) is 0 Å². The van der Waals surface area contributed by atoms with Crippen molar-refractivity contribution in [2.24, 2.45) is 0 Å². The standard InChI is InChI=1S/C11H29NO4P4/c1-8(2)15-20(13,16-9(3)4)7-14-10(5)6-12-11(17,18)19/h8-10,12H,6-7,17-19H2,1-5H3/t10-/m1/s1. The number of hydrogen-bond donors (Lipinski definition) is 1. The van der Waals surface area contributed by atoms with E-state index in [9.17, 15) is 4.57 Å². The Labute approximate surface area is 130 Å². The Balaban J connectivity index is 4.35. The lowest BCUT2D eigenvalue weighted by molar-refractivity contribution is 0.0629. The smallest absolute Gasteiger partial charge is 0.356 e. The summed E-state index contributed by atoms with van der Waals surface area (Å²) in [4.78, 5) is 0. The first-order valence-corrected chi connectivity index (χ1v) is 10.1. The average molecular weight is 363 g/mol. The zero-order valence-corrected chi connectivity index (χ0v) is 17.3. The molecular formula is C11H29NO4P4. The van der Waals surface area contributed by atoms with Crippen LogP contribution in [0.2, 0.25) is 0 Å². The maximum Gasteiger partial charge on any atom is 0.356 e. The van der Waals surface area contributed by atoms with E-state index in [1.165, 1.54) is 0 Å². The zero-order chi connectivity index (χ0) is 16.0. The van der Waals surface area contributed by atoms with Gasteiger partial charge in [-0.3, -0.25) is 9.88 Å². The Bertz CT molecular complexity index is 306. The molecule has 0 aromatic carbocycles. The molecule has 0 amide bonds. The van der Waals surface area contributed by atoms with Crippen molar-refractivity contribution in [1.29, 1.82) is 0 Å². The molecule has 20 heavy (non-hydrogen) atoms. The summed E-state index contributed by atoms with van der Waals surface area (Å²) in [5.41, 5.74) is 0. The second-order valence-electron chi connectivity index (χ2n) is 5.34. The van der Waals surface area contributed by atoms with E-state index in [0.29, 0.717) is 6.54 Å². The number of hydrogen-bond acceptors (Lipinski definition) is 5. The summed E-state index contributed by atoms with van der Waals surface area (Å²) in [6, 6.07) is 0. The third kappa shape index (κ3) is 12.0. The SMILES string of the molecule is CC(C)OP(=O)(CO[C@H](C)CNC(P)(P)P)OC(C)C. The predicted molar refractivity (Wildman–Crippen MR) is 95.3 cm³/mol. The number of ether oxygens (including phenoxy) is 1. The van der Waals surface area contributed by atoms with Gasteiger partial charge in [-0.25, -0.2) is 0 Å². The molecule has 9 heteroatoms. The third-order valence-electron chi connectivity index (χ3n) is 1.96. The molecule has 0 saturated carbocycles. The molecule has 0 heterocycles. The van der Waals surface area contributed by atoms with Crippen molar-refractivity contribution in [2.75, 3.05) is 12.9 Å². The summed E-state index contributed by atoms with van der Waals surface area (Å²) in [5, 5.41) is 3.23. The highest BCUT2D eigenvalue weighted by Gasteiger charge is 2.29. The molecule has 0 fully saturated rings. The van der Waals surface area contributed by atoms with Crippen LogP contribution in [0.25, 0.3) is 0 Å². The first-order valence-electron chi connectivity index (χ1n) is 6.62. The molecule has 0 radical (unpaired) electrons. The monoisotopic (exact) mass is 363 g/mol. The zero-order valence-electron chi connectivity index (χ0n) is 13.0. The van der Waals surface area contributed by atoms with Gasteiger partial charge in [0.1, 0.15) is 6.35 Å². The largest absolute Gasteiger partial charge is 0.365 e. The minimum atomic E-state index is -3.22. The van der Waals surface area contributed by atoms with Crippen LogP contribution >= 0.6 is 35.3 Å². The highest BCUT2D eigenvalue weighted by atomic mass is 31.2. The fraction of sp³-hybridized carbons (Fsp3) is 1.00. The molecule has 0 bridgehead atoms. The summed E-state index contributed by atoms with van der Waals surface area (Å²) in [5.74, 6) is 0. The van der Waals surface area contributed by atoms with Crippen LogP contribution in [0.15, 0.2) is 0 Å². The van der Waals surface area contributed by atoms with Gasteiger partial charge in [0.25, 0.3) is 0 Å². The number of rotatable bonds is 10. The van der Waals surface area contributed by atoms with Crippen molar-refractivity contribution < 1.29 is 18.3 Å². The van der Waals surface area contributed by atoms with Crippen LogP contribution in [0.1, 0.15) is 34.6 Å². The van der Waals surface area contributed by atoms with Gasteiger partial charge in [-0.05, 0) is 34.6 Å². The van der Waals surface area contributed by atoms with Gasteiger partial charge in [-0.15, -0.1) is 27.7 Å². The van der Waals surface area contributed by atoms with E-state index in [0.717, 1.165) is 0 Å². The summed E-state index contributed by atoms with van der Waals surface area (Å²) in [6.07, 6.45) is -0.481. The van der Waals surface area contributed by atoms with E-state index in [2.05, 4.69) is 33.0 Å². The molecule has 0 spiro atoms. The first kappa shape index (κ1) is 21.4. The summed E-state index contributed by atoms with van der Waals surface area (Å²) >= 11 is 0. The molecule has 0 aliphatic carbocycles. The highest BCUT2D eigenvalue weighted by Crippen LogP contribution is 2.50. The Kier molecular flexibility index (Phi) is 10.1. The van der Waals surface area contributed by atoms with E-state index in [4.69, 9.17) is 13.8 Å². The average Bonchev–Trinajstić information content (AvgIpc) is 2.20. The minimum Gasteiger partial charge on any atom is -0.365 e. The molecule has 3 unspecified atom stereocenters. The van der Waals surface area contributed by atoms with Gasteiger partial charge in [-0.2, -0.15) is 0 Å². The van der Waals surface area contributed by atoms with Crippen molar-refractivity contribution in [3.63, 3.8) is 0 Å². The molecule has 0 aliphatic heterocycles. The topological polar surface area (TPSA) is 56.8 Å². The van der Waals surface area contributed by atoms with E-state index >= 15 is 0 Å². The minimum absolute atomic E-state index is 0.0379. The van der Waals surface area contributed by atoms with Gasteiger partial charge in [0, 0.05) is 6.54 Å². The fourth-order valence-corrected chi connectivity index (χ4v) is 3.57. The lowest BCUT2D eigenvalue weighted by atomic mass is 10.4. The molecular weight excluding hydrogens is 334 g/mol. The summed E-state index contributed by atoms with van der Waals surface area (Å²) in [7, 11) is 4.70. The fourth-order valence-electron chi connectivity index (χ4n) is 1.33. The van der Waals surface area contributed by atoms with Crippen molar-refractivity contribution >= 4 is 35.3 Å². The molecule has 1 N–H and O–H groups in total. The Morgan fingerprint density at radius 2 is 1.50 bits per heavy atom. The number of nitrogens with one attached hydrogen (secondary N) is 1. The summed E-state index contributed by atoms with van der Waals surface area (Å²) in [6.45, 7) is 9.84. The molecule has 0 rings (SSSR count). The molecule has 4 atom stereocenters. The summed E-state index contributed by atoms with van der Waals surface area (Å²) < 4.78 is 28.8. The normalized spacial score (nSPS) is 15.1. The molecule has 0 aromatic heterocycles. The Hall–Kier alpha value is 1.36. The quantitative estimate of drug-likeness (QED) is 0.604. The van der Waals surface area contributed by atoms with Gasteiger partial charge in [0.05, 0.1) is 23.1 Å². The molecule has 0 aliphatic rings. The van der Waals surface area contributed by atoms with E-state index in [1.807, 2.05) is 34.6 Å². The van der Waals surface area contributed by atoms with Gasteiger partial charge in [0.15, 0.2) is 0 Å². The molecule has 0 saturated heterocycles. The van der Waals surface area contributed by atoms with Gasteiger partial charge in [0.2, 0.25) is 0 Å². The molecule has 122 valence electrons. The molecule has 0 aromatic rings. The third-order valence-corrected chi connectivity index (χ3v) is 4.52. The van der Waals surface area contributed by atoms with Crippen LogP contribution in [-0.2, 0) is 18.3 Å². The lowest BCUT2D eigenvalue weighted by Gasteiger charge is -2.26. The van der Waals surface area contributed by atoms with Gasteiger partial charge >= 0.3 is 7.60 Å². The predicted octanol–water partition coefficient (Wildman–Crippen LogP) is 3.22. The van der Waals surface area contributed by atoms with Gasteiger partial charge < -0.3 is 13.8 Å². The molecule has 5 nitrogen and oxygen atoms in total. The van der Waals surface area contributed by atoms with Gasteiger partial charge in [-0.1, -0.05) is 0 Å². The van der Waals surface area contributed by atoms with Crippen molar-refractivity contribution in [2.45, 2.75) is 57.7 Å². The van der Waals surface area contributed by atoms with Crippen molar-refractivity contribution in [3.05, 3.63) is 0 Å². The maximum atomic E-state index is 12.5. The second-order valence-corrected chi connectivity index (χ2v) is 12.1. The van der Waals surface area contributed by atoms with Crippen LogP contribution in [-0.4, -0.2) is 36.0 Å². The Morgan fingerprint density at radius 3 is 1.85 bits per heavy atom. The van der Waals surface area contributed by atoms with Crippen LogP contribution in [0.5, 0.6) is 0 Å². The maximum absolute atomic E-state index is 12.5. The first-order chi connectivity index (χ1) is 8.93. The van der Waals surface area contributed by atoms with E-state index in [-0.39, 0.29) is 29.4 Å². The van der Waals surface area contributed by atoms with E-state index in [1.54, 1.807) is 0 Å². The second kappa shape index (κ2) is 9.49. The van der Waals surface area contributed by atoms with Crippen LogP contribution < -0.4 is 5.32 Å². The highest BCUT2D eigenvalue weighted by molar-refractivity contribution is 7.57. The van der Waals surface area contributed by atoms with E-state index < -0.39 is 7.60 Å². The Morgan fingerprint density at radius 1 is 1.05 bits per heavy atom.